The highest BCUT2D eigenvalue weighted by Gasteiger charge is 2.06. The lowest BCUT2D eigenvalue weighted by molar-refractivity contribution is 0.0944. The molecule has 0 spiro atoms. The van der Waals surface area contributed by atoms with Crippen molar-refractivity contribution in [3.8, 4) is 0 Å². The van der Waals surface area contributed by atoms with Crippen LogP contribution in [0.4, 0.5) is 5.69 Å². The van der Waals surface area contributed by atoms with Crippen molar-refractivity contribution in [2.24, 2.45) is 5.73 Å². The molecule has 1 aromatic heterocycles. The standard InChI is InChI=1S/C7H11N5O/c8-1-2-10-7(13)6-11-3-5(9)4-12-6/h3-4H,1-2,8-9H2,(H,10,13). The van der Waals surface area contributed by atoms with Crippen LogP contribution >= 0.6 is 0 Å². The molecule has 1 rings (SSSR count). The topological polar surface area (TPSA) is 107 Å². The Balaban J connectivity index is 2.61. The van der Waals surface area contributed by atoms with Crippen molar-refractivity contribution in [2.45, 2.75) is 0 Å². The average Bonchev–Trinajstić information content (AvgIpc) is 2.15. The van der Waals surface area contributed by atoms with E-state index in [-0.39, 0.29) is 11.7 Å². The van der Waals surface area contributed by atoms with Crippen LogP contribution < -0.4 is 16.8 Å². The predicted molar refractivity (Wildman–Crippen MR) is 47.8 cm³/mol. The average molecular weight is 181 g/mol. The Hall–Kier alpha value is -1.69. The Morgan fingerprint density at radius 2 is 2.08 bits per heavy atom. The zero-order valence-corrected chi connectivity index (χ0v) is 7.03. The molecule has 13 heavy (non-hydrogen) atoms. The van der Waals surface area contributed by atoms with E-state index in [0.29, 0.717) is 18.8 Å². The van der Waals surface area contributed by atoms with Gasteiger partial charge in [0.2, 0.25) is 5.82 Å². The van der Waals surface area contributed by atoms with Gasteiger partial charge < -0.3 is 16.8 Å². The zero-order chi connectivity index (χ0) is 9.68. The van der Waals surface area contributed by atoms with E-state index >= 15 is 0 Å². The van der Waals surface area contributed by atoms with Crippen LogP contribution in [0.2, 0.25) is 0 Å². The summed E-state index contributed by atoms with van der Waals surface area (Å²) in [7, 11) is 0. The van der Waals surface area contributed by atoms with Gasteiger partial charge in [-0.3, -0.25) is 4.79 Å². The number of carbonyl (C=O) groups excluding carboxylic acids is 1. The van der Waals surface area contributed by atoms with Gasteiger partial charge in [-0.05, 0) is 0 Å². The summed E-state index contributed by atoms with van der Waals surface area (Å²) in [6.07, 6.45) is 2.76. The molecule has 0 saturated heterocycles. The molecule has 0 aromatic carbocycles. The monoisotopic (exact) mass is 181 g/mol. The molecule has 0 radical (unpaired) electrons. The second-order valence-corrected chi connectivity index (χ2v) is 2.38. The van der Waals surface area contributed by atoms with Gasteiger partial charge in [-0.25, -0.2) is 9.97 Å². The fraction of sp³-hybridized carbons (Fsp3) is 0.286. The van der Waals surface area contributed by atoms with Crippen molar-refractivity contribution < 1.29 is 4.79 Å². The van der Waals surface area contributed by atoms with Gasteiger partial charge >= 0.3 is 0 Å². The van der Waals surface area contributed by atoms with Crippen LogP contribution in [0, 0.1) is 0 Å². The number of rotatable bonds is 3. The first-order chi connectivity index (χ1) is 6.24. The van der Waals surface area contributed by atoms with E-state index in [9.17, 15) is 4.79 Å². The number of amides is 1. The van der Waals surface area contributed by atoms with Crippen molar-refractivity contribution >= 4 is 11.6 Å². The maximum Gasteiger partial charge on any atom is 0.289 e. The maximum atomic E-state index is 11.2. The van der Waals surface area contributed by atoms with E-state index in [1.54, 1.807) is 0 Å². The number of nitrogens with one attached hydrogen (secondary N) is 1. The summed E-state index contributed by atoms with van der Waals surface area (Å²) in [5.41, 5.74) is 11.0. The molecular formula is C7H11N5O. The van der Waals surface area contributed by atoms with Gasteiger partial charge in [-0.2, -0.15) is 0 Å². The van der Waals surface area contributed by atoms with Gasteiger partial charge in [0.1, 0.15) is 0 Å². The minimum Gasteiger partial charge on any atom is -0.396 e. The quantitative estimate of drug-likeness (QED) is 0.540. The molecule has 0 fully saturated rings. The molecule has 0 unspecified atom stereocenters. The number of carbonyl (C=O) groups is 1. The van der Waals surface area contributed by atoms with E-state index in [0.717, 1.165) is 0 Å². The number of nitrogens with two attached hydrogens (primary N) is 2. The van der Waals surface area contributed by atoms with Gasteiger partial charge in [0.15, 0.2) is 0 Å². The molecular weight excluding hydrogens is 170 g/mol. The first-order valence-corrected chi connectivity index (χ1v) is 3.80. The minimum absolute atomic E-state index is 0.0997. The summed E-state index contributed by atoms with van der Waals surface area (Å²) in [5.74, 6) is -0.242. The molecule has 1 heterocycles. The Morgan fingerprint density at radius 1 is 1.46 bits per heavy atom. The lowest BCUT2D eigenvalue weighted by Crippen LogP contribution is -2.30. The summed E-state index contributed by atoms with van der Waals surface area (Å²) in [4.78, 5) is 18.7. The number of hydrogen-bond donors (Lipinski definition) is 3. The number of hydrogen-bond acceptors (Lipinski definition) is 5. The highest BCUT2D eigenvalue weighted by atomic mass is 16.2. The first-order valence-electron chi connectivity index (χ1n) is 3.80. The first kappa shape index (κ1) is 9.40. The zero-order valence-electron chi connectivity index (χ0n) is 7.03. The number of nitrogens with zero attached hydrogens (tertiary/aromatic N) is 2. The molecule has 70 valence electrons. The lowest BCUT2D eigenvalue weighted by Gasteiger charge is -2.00. The van der Waals surface area contributed by atoms with Crippen molar-refractivity contribution in [1.29, 1.82) is 0 Å². The highest BCUT2D eigenvalue weighted by molar-refractivity contribution is 5.90. The van der Waals surface area contributed by atoms with Crippen LogP contribution in [0.3, 0.4) is 0 Å². The molecule has 0 aliphatic carbocycles. The molecule has 0 saturated carbocycles. The smallest absolute Gasteiger partial charge is 0.289 e. The van der Waals surface area contributed by atoms with Crippen LogP contribution in [-0.4, -0.2) is 29.0 Å². The normalized spacial score (nSPS) is 9.62. The van der Waals surface area contributed by atoms with Crippen molar-refractivity contribution in [2.75, 3.05) is 18.8 Å². The molecule has 1 aromatic rings. The Bertz CT molecular complexity index is 283. The molecule has 0 aliphatic rings. The molecule has 6 nitrogen and oxygen atoms in total. The SMILES string of the molecule is NCCNC(=O)c1ncc(N)cn1. The summed E-state index contributed by atoms with van der Waals surface area (Å²) in [6.45, 7) is 0.799. The fourth-order valence-corrected chi connectivity index (χ4v) is 0.720. The Kier molecular flexibility index (Phi) is 3.15. The summed E-state index contributed by atoms with van der Waals surface area (Å²) >= 11 is 0. The minimum atomic E-state index is -0.342. The van der Waals surface area contributed by atoms with E-state index in [2.05, 4.69) is 15.3 Å². The molecule has 0 aliphatic heterocycles. The second kappa shape index (κ2) is 4.36. The summed E-state index contributed by atoms with van der Waals surface area (Å²) in [5, 5.41) is 2.54. The maximum absolute atomic E-state index is 11.2. The van der Waals surface area contributed by atoms with Crippen LogP contribution in [0.5, 0.6) is 0 Å². The van der Waals surface area contributed by atoms with E-state index in [1.165, 1.54) is 12.4 Å². The van der Waals surface area contributed by atoms with E-state index in [1.807, 2.05) is 0 Å². The third kappa shape index (κ3) is 2.68. The lowest BCUT2D eigenvalue weighted by atomic mass is 10.5. The van der Waals surface area contributed by atoms with Gasteiger partial charge in [-0.1, -0.05) is 0 Å². The van der Waals surface area contributed by atoms with Crippen LogP contribution in [-0.2, 0) is 0 Å². The molecule has 5 N–H and O–H groups in total. The second-order valence-electron chi connectivity index (χ2n) is 2.38. The third-order valence-corrected chi connectivity index (χ3v) is 1.30. The van der Waals surface area contributed by atoms with Crippen molar-refractivity contribution in [3.05, 3.63) is 18.2 Å². The molecule has 6 heteroatoms. The van der Waals surface area contributed by atoms with E-state index < -0.39 is 0 Å². The van der Waals surface area contributed by atoms with Gasteiger partial charge in [-0.15, -0.1) is 0 Å². The highest BCUT2D eigenvalue weighted by Crippen LogP contribution is 1.95. The van der Waals surface area contributed by atoms with Gasteiger partial charge in [0.05, 0.1) is 18.1 Å². The fourth-order valence-electron chi connectivity index (χ4n) is 0.720. The van der Waals surface area contributed by atoms with Gasteiger partial charge in [0.25, 0.3) is 5.91 Å². The Morgan fingerprint density at radius 3 is 2.62 bits per heavy atom. The van der Waals surface area contributed by atoms with Crippen molar-refractivity contribution in [3.63, 3.8) is 0 Å². The molecule has 0 atom stereocenters. The largest absolute Gasteiger partial charge is 0.396 e. The number of aromatic nitrogens is 2. The third-order valence-electron chi connectivity index (χ3n) is 1.30. The van der Waals surface area contributed by atoms with E-state index in [4.69, 9.17) is 11.5 Å². The molecule has 0 bridgehead atoms. The number of nitrogen functional groups attached to an aromatic ring is 1. The molecule has 1 amide bonds. The summed E-state index contributed by atoms with van der Waals surface area (Å²) in [6, 6.07) is 0. The predicted octanol–water partition coefficient (Wildman–Crippen LogP) is -1.25. The number of anilines is 1. The summed E-state index contributed by atoms with van der Waals surface area (Å²) < 4.78 is 0. The van der Waals surface area contributed by atoms with Crippen LogP contribution in [0.25, 0.3) is 0 Å². The van der Waals surface area contributed by atoms with Crippen LogP contribution in [0.15, 0.2) is 12.4 Å². The van der Waals surface area contributed by atoms with Gasteiger partial charge in [0, 0.05) is 13.1 Å². The van der Waals surface area contributed by atoms with Crippen molar-refractivity contribution in [1.82, 2.24) is 15.3 Å². The van der Waals surface area contributed by atoms with Crippen LogP contribution in [0.1, 0.15) is 10.6 Å². The Labute approximate surface area is 75.4 Å².